The molecule has 0 aliphatic heterocycles. The zero-order valence-corrected chi connectivity index (χ0v) is 24.8. The molecule has 0 amide bonds. The summed E-state index contributed by atoms with van der Waals surface area (Å²) in [6.45, 7) is 9.33. The van der Waals surface area contributed by atoms with Crippen molar-refractivity contribution in [2.24, 2.45) is 0 Å². The molecule has 0 aliphatic rings. The molecule has 0 spiro atoms. The van der Waals surface area contributed by atoms with Crippen LogP contribution in [0.5, 0.6) is 0 Å². The number of carbonyl (C=O) groups is 2. The molecule has 0 aromatic carbocycles. The van der Waals surface area contributed by atoms with Crippen LogP contribution >= 0.6 is 0 Å². The van der Waals surface area contributed by atoms with Crippen LogP contribution < -0.4 is 0 Å². The fourth-order valence-corrected chi connectivity index (χ4v) is 8.87. The van der Waals surface area contributed by atoms with E-state index in [1.165, 1.54) is 95.6 Å². The number of rotatable bonds is 25. The van der Waals surface area contributed by atoms with Crippen LogP contribution in [0, 0.1) is 0 Å². The zero-order chi connectivity index (χ0) is 26.0. The largest absolute Gasteiger partial charge is 0.516 e. The van der Waals surface area contributed by atoms with Crippen molar-refractivity contribution in [1.29, 1.82) is 0 Å². The van der Waals surface area contributed by atoms with Gasteiger partial charge in [-0.05, 0) is 24.6 Å². The number of unbranched alkanes of at least 4 members (excludes halogenated alkanes) is 14. The molecule has 35 heavy (non-hydrogen) atoms. The smallest absolute Gasteiger partial charge is 0.331 e. The van der Waals surface area contributed by atoms with Crippen LogP contribution in [0.25, 0.3) is 0 Å². The Balaban J connectivity index is 4.89. The SMILES string of the molecule is CCCCCCCCOC(=O)C=CC(=O)O[Si](CCCCCC)(CCCCCC)CCCCCC. The fourth-order valence-electron chi connectivity index (χ4n) is 4.64. The van der Waals surface area contributed by atoms with Crippen LogP contribution in [0.1, 0.15) is 143 Å². The van der Waals surface area contributed by atoms with Crippen LogP contribution in [-0.2, 0) is 18.8 Å². The van der Waals surface area contributed by atoms with Gasteiger partial charge in [-0.25, -0.2) is 9.59 Å². The highest BCUT2D eigenvalue weighted by atomic mass is 28.4. The molecule has 5 heteroatoms. The van der Waals surface area contributed by atoms with Crippen LogP contribution in [0.4, 0.5) is 0 Å². The molecule has 0 saturated heterocycles. The predicted octanol–water partition coefficient (Wildman–Crippen LogP) is 9.68. The molecule has 0 fully saturated rings. The van der Waals surface area contributed by atoms with Gasteiger partial charge in [0.1, 0.15) is 0 Å². The molecule has 0 rings (SSSR count). The van der Waals surface area contributed by atoms with E-state index in [0.717, 1.165) is 50.2 Å². The molecule has 0 radical (unpaired) electrons. The molecule has 0 aliphatic carbocycles. The lowest BCUT2D eigenvalue weighted by atomic mass is 10.1. The van der Waals surface area contributed by atoms with Crippen LogP contribution in [0.2, 0.25) is 18.1 Å². The second kappa shape index (κ2) is 24.6. The molecule has 0 N–H and O–H groups in total. The minimum Gasteiger partial charge on any atom is -0.516 e. The van der Waals surface area contributed by atoms with Gasteiger partial charge < -0.3 is 9.16 Å². The van der Waals surface area contributed by atoms with Gasteiger partial charge in [0.15, 0.2) is 0 Å². The van der Waals surface area contributed by atoms with Gasteiger partial charge in [-0.15, -0.1) is 0 Å². The van der Waals surface area contributed by atoms with Gasteiger partial charge in [-0.2, -0.15) is 0 Å². The molecule has 206 valence electrons. The first-order valence-electron chi connectivity index (χ1n) is 15.1. The van der Waals surface area contributed by atoms with E-state index in [0.29, 0.717) is 6.61 Å². The van der Waals surface area contributed by atoms with Crippen molar-refractivity contribution >= 4 is 20.3 Å². The summed E-state index contributed by atoms with van der Waals surface area (Å²) in [7, 11) is -2.18. The summed E-state index contributed by atoms with van der Waals surface area (Å²) in [5.74, 6) is -0.772. The van der Waals surface area contributed by atoms with Crippen molar-refractivity contribution < 1.29 is 18.8 Å². The second-order valence-electron chi connectivity index (χ2n) is 10.3. The van der Waals surface area contributed by atoms with Gasteiger partial charge in [0.2, 0.25) is 0 Å². The molecule has 4 nitrogen and oxygen atoms in total. The maximum Gasteiger partial charge on any atom is 0.331 e. The van der Waals surface area contributed by atoms with Crippen LogP contribution in [-0.4, -0.2) is 26.9 Å². The van der Waals surface area contributed by atoms with E-state index in [2.05, 4.69) is 27.7 Å². The van der Waals surface area contributed by atoms with E-state index in [1.54, 1.807) is 0 Å². The molecule has 0 unspecified atom stereocenters. The summed E-state index contributed by atoms with van der Waals surface area (Å²) in [6.07, 6.45) is 24.0. The predicted molar refractivity (Wildman–Crippen MR) is 152 cm³/mol. The highest BCUT2D eigenvalue weighted by molar-refractivity contribution is 6.75. The maximum atomic E-state index is 12.8. The Labute approximate surface area is 219 Å². The summed E-state index contributed by atoms with van der Waals surface area (Å²) >= 11 is 0. The van der Waals surface area contributed by atoms with Gasteiger partial charge in [-0.1, -0.05) is 137 Å². The van der Waals surface area contributed by atoms with E-state index in [4.69, 9.17) is 9.16 Å². The topological polar surface area (TPSA) is 52.6 Å². The van der Waals surface area contributed by atoms with E-state index in [1.807, 2.05) is 0 Å². The third kappa shape index (κ3) is 20.8. The Hall–Kier alpha value is -1.10. The maximum absolute atomic E-state index is 12.8. The minimum atomic E-state index is -2.18. The first-order valence-corrected chi connectivity index (χ1v) is 17.6. The van der Waals surface area contributed by atoms with E-state index < -0.39 is 14.3 Å². The van der Waals surface area contributed by atoms with Gasteiger partial charge >= 0.3 is 11.9 Å². The Bertz CT molecular complexity index is 501. The minimum absolute atomic E-state index is 0.338. The monoisotopic (exact) mass is 510 g/mol. The van der Waals surface area contributed by atoms with Crippen molar-refractivity contribution in [3.8, 4) is 0 Å². The van der Waals surface area contributed by atoms with Gasteiger partial charge in [0.25, 0.3) is 8.32 Å². The molecular formula is C30H58O4Si. The van der Waals surface area contributed by atoms with Crippen molar-refractivity contribution in [3.05, 3.63) is 12.2 Å². The lowest BCUT2D eigenvalue weighted by molar-refractivity contribution is -0.138. The number of carbonyl (C=O) groups excluding carboxylic acids is 2. The van der Waals surface area contributed by atoms with Crippen molar-refractivity contribution in [3.63, 3.8) is 0 Å². The van der Waals surface area contributed by atoms with Gasteiger partial charge in [-0.3, -0.25) is 0 Å². The fraction of sp³-hybridized carbons (Fsp3) is 0.867. The standard InChI is InChI=1S/C30H58O4Si/c1-5-9-13-17-18-19-25-33-29(31)23-24-30(32)34-35(26-20-14-10-6-2,27-21-15-11-7-3)28-22-16-12-8-4/h23-24H,5-22,25-28H2,1-4H3. The zero-order valence-electron chi connectivity index (χ0n) is 23.8. The molecule has 0 atom stereocenters. The summed E-state index contributed by atoms with van der Waals surface area (Å²) in [6, 6.07) is 3.19. The Morgan fingerprint density at radius 3 is 1.34 bits per heavy atom. The molecule has 0 aromatic heterocycles. The summed E-state index contributed by atoms with van der Waals surface area (Å²) in [4.78, 5) is 24.9. The molecule has 0 heterocycles. The average Bonchev–Trinajstić information content (AvgIpc) is 2.85. The lowest BCUT2D eigenvalue weighted by Gasteiger charge is -2.31. The Morgan fingerprint density at radius 1 is 0.514 bits per heavy atom. The third-order valence-electron chi connectivity index (χ3n) is 6.87. The van der Waals surface area contributed by atoms with Crippen LogP contribution in [0.15, 0.2) is 12.2 Å². The van der Waals surface area contributed by atoms with E-state index >= 15 is 0 Å². The first kappa shape index (κ1) is 33.9. The second-order valence-corrected chi connectivity index (χ2v) is 14.4. The van der Waals surface area contributed by atoms with E-state index in [-0.39, 0.29) is 5.97 Å². The number of hydrogen-bond acceptors (Lipinski definition) is 4. The van der Waals surface area contributed by atoms with Crippen molar-refractivity contribution in [2.45, 2.75) is 161 Å². The quantitative estimate of drug-likeness (QED) is 0.0531. The Kier molecular flexibility index (Phi) is 23.8. The first-order chi connectivity index (χ1) is 17.0. The average molecular weight is 511 g/mol. The molecule has 0 saturated carbocycles. The normalized spacial score (nSPS) is 11.8. The summed E-state index contributed by atoms with van der Waals surface area (Å²) in [5, 5.41) is 0. The summed E-state index contributed by atoms with van der Waals surface area (Å²) < 4.78 is 11.6. The third-order valence-corrected chi connectivity index (χ3v) is 11.3. The van der Waals surface area contributed by atoms with Crippen molar-refractivity contribution in [1.82, 2.24) is 0 Å². The summed E-state index contributed by atoms with van der Waals surface area (Å²) in [5.41, 5.74) is 0. The molecule has 0 aromatic rings. The number of esters is 1. The Morgan fingerprint density at radius 2 is 0.886 bits per heavy atom. The lowest BCUT2D eigenvalue weighted by Crippen LogP contribution is -2.40. The van der Waals surface area contributed by atoms with Crippen LogP contribution in [0.3, 0.4) is 0 Å². The van der Waals surface area contributed by atoms with Gasteiger partial charge in [0.05, 0.1) is 6.61 Å². The van der Waals surface area contributed by atoms with E-state index in [9.17, 15) is 9.59 Å². The van der Waals surface area contributed by atoms with Crippen molar-refractivity contribution in [2.75, 3.05) is 6.61 Å². The number of ether oxygens (including phenoxy) is 1. The molecule has 0 bridgehead atoms. The highest BCUT2D eigenvalue weighted by Crippen LogP contribution is 2.31. The highest BCUT2D eigenvalue weighted by Gasteiger charge is 2.36. The van der Waals surface area contributed by atoms with Gasteiger partial charge in [0, 0.05) is 12.2 Å². The number of hydrogen-bond donors (Lipinski definition) is 0. The molecular weight excluding hydrogens is 452 g/mol.